The predicted octanol–water partition coefficient (Wildman–Crippen LogP) is 1.68. The number of esters is 1. The van der Waals surface area contributed by atoms with E-state index in [2.05, 4.69) is 0 Å². The van der Waals surface area contributed by atoms with Crippen LogP contribution in [0.3, 0.4) is 0 Å². The Morgan fingerprint density at radius 1 is 1.14 bits per heavy atom. The highest BCUT2D eigenvalue weighted by Crippen LogP contribution is 2.31. The summed E-state index contributed by atoms with van der Waals surface area (Å²) in [5.41, 5.74) is 0.512. The van der Waals surface area contributed by atoms with E-state index in [4.69, 9.17) is 9.47 Å². The Morgan fingerprint density at radius 2 is 1.76 bits per heavy atom. The molecule has 0 spiro atoms. The van der Waals surface area contributed by atoms with E-state index < -0.39 is 15.8 Å². The van der Waals surface area contributed by atoms with Crippen LogP contribution in [-0.4, -0.2) is 39.4 Å². The third-order valence-electron chi connectivity index (χ3n) is 2.96. The van der Waals surface area contributed by atoms with E-state index >= 15 is 0 Å². The van der Waals surface area contributed by atoms with Gasteiger partial charge in [-0.25, -0.2) is 13.2 Å². The van der Waals surface area contributed by atoms with Crippen molar-refractivity contribution < 1.29 is 22.7 Å². The standard InChI is InChI=1S/C14H15NO5S/c1-19-13-11(14(16)20-2)8-10(21(3,17)18)9-12(13)15-6-4-5-7-15/h4-9H,1-3H3. The van der Waals surface area contributed by atoms with Crippen molar-refractivity contribution in [3.05, 3.63) is 42.2 Å². The molecule has 0 aliphatic carbocycles. The Kier molecular flexibility index (Phi) is 4.04. The van der Waals surface area contributed by atoms with Crippen LogP contribution in [0.1, 0.15) is 10.4 Å². The summed E-state index contributed by atoms with van der Waals surface area (Å²) < 4.78 is 35.3. The van der Waals surface area contributed by atoms with Crippen LogP contribution < -0.4 is 4.74 Å². The lowest BCUT2D eigenvalue weighted by Gasteiger charge is -2.15. The molecule has 0 radical (unpaired) electrons. The van der Waals surface area contributed by atoms with E-state index in [1.165, 1.54) is 26.4 Å². The van der Waals surface area contributed by atoms with Crippen LogP contribution in [0.25, 0.3) is 5.69 Å². The maximum Gasteiger partial charge on any atom is 0.341 e. The Bertz CT molecular complexity index is 763. The predicted molar refractivity (Wildman–Crippen MR) is 76.8 cm³/mol. The quantitative estimate of drug-likeness (QED) is 0.803. The zero-order chi connectivity index (χ0) is 15.6. The zero-order valence-corrected chi connectivity index (χ0v) is 12.7. The molecule has 7 heteroatoms. The van der Waals surface area contributed by atoms with E-state index in [9.17, 15) is 13.2 Å². The fourth-order valence-corrected chi connectivity index (χ4v) is 2.62. The highest BCUT2D eigenvalue weighted by atomic mass is 32.2. The number of methoxy groups -OCH3 is 2. The topological polar surface area (TPSA) is 74.6 Å². The summed E-state index contributed by atoms with van der Waals surface area (Å²) in [6.07, 6.45) is 4.53. The van der Waals surface area contributed by atoms with Crippen molar-refractivity contribution in [3.63, 3.8) is 0 Å². The number of hydrogen-bond acceptors (Lipinski definition) is 5. The number of benzene rings is 1. The van der Waals surface area contributed by atoms with Crippen LogP contribution in [0.5, 0.6) is 5.75 Å². The molecule has 0 atom stereocenters. The van der Waals surface area contributed by atoms with Crippen molar-refractivity contribution >= 4 is 15.8 Å². The van der Waals surface area contributed by atoms with Gasteiger partial charge in [0, 0.05) is 18.6 Å². The van der Waals surface area contributed by atoms with Crippen LogP contribution in [0, 0.1) is 0 Å². The molecular formula is C14H15NO5S. The normalized spacial score (nSPS) is 11.2. The largest absolute Gasteiger partial charge is 0.494 e. The minimum Gasteiger partial charge on any atom is -0.494 e. The maximum atomic E-state index is 11.9. The Balaban J connectivity index is 2.82. The number of aromatic nitrogens is 1. The second-order valence-electron chi connectivity index (χ2n) is 4.38. The molecule has 21 heavy (non-hydrogen) atoms. The molecule has 2 aromatic rings. The molecule has 1 aromatic carbocycles. The lowest BCUT2D eigenvalue weighted by atomic mass is 10.1. The van der Waals surface area contributed by atoms with Gasteiger partial charge in [-0.1, -0.05) is 0 Å². The minimum absolute atomic E-state index is 0.0207. The molecule has 2 rings (SSSR count). The fraction of sp³-hybridized carbons (Fsp3) is 0.214. The van der Waals surface area contributed by atoms with Crippen molar-refractivity contribution in [2.45, 2.75) is 4.90 Å². The first-order valence-electron chi connectivity index (χ1n) is 6.02. The van der Waals surface area contributed by atoms with Gasteiger partial charge in [-0.3, -0.25) is 0 Å². The van der Waals surface area contributed by atoms with Gasteiger partial charge in [0.25, 0.3) is 0 Å². The first-order chi connectivity index (χ1) is 9.88. The smallest absolute Gasteiger partial charge is 0.341 e. The fourth-order valence-electron chi connectivity index (χ4n) is 1.96. The van der Waals surface area contributed by atoms with Gasteiger partial charge in [0.2, 0.25) is 0 Å². The van der Waals surface area contributed by atoms with Gasteiger partial charge in [0.15, 0.2) is 15.6 Å². The lowest BCUT2D eigenvalue weighted by molar-refractivity contribution is 0.0596. The molecule has 0 saturated heterocycles. The van der Waals surface area contributed by atoms with Crippen molar-refractivity contribution in [2.75, 3.05) is 20.5 Å². The van der Waals surface area contributed by atoms with Crippen molar-refractivity contribution in [2.24, 2.45) is 0 Å². The summed E-state index contributed by atoms with van der Waals surface area (Å²) in [5.74, 6) is -0.406. The van der Waals surface area contributed by atoms with Gasteiger partial charge in [-0.15, -0.1) is 0 Å². The van der Waals surface area contributed by atoms with E-state index in [0.717, 1.165) is 6.26 Å². The molecule has 112 valence electrons. The van der Waals surface area contributed by atoms with E-state index in [1.807, 2.05) is 0 Å². The monoisotopic (exact) mass is 309 g/mol. The average Bonchev–Trinajstić information content (AvgIpc) is 2.97. The number of hydrogen-bond donors (Lipinski definition) is 0. The summed E-state index contributed by atoms with van der Waals surface area (Å²) in [6.45, 7) is 0. The molecule has 0 fully saturated rings. The lowest BCUT2D eigenvalue weighted by Crippen LogP contribution is -2.10. The molecule has 0 unspecified atom stereocenters. The number of ether oxygens (including phenoxy) is 2. The second kappa shape index (κ2) is 5.61. The number of rotatable bonds is 4. The maximum absolute atomic E-state index is 11.9. The molecule has 0 bridgehead atoms. The third-order valence-corrected chi connectivity index (χ3v) is 4.06. The van der Waals surface area contributed by atoms with Crippen LogP contribution >= 0.6 is 0 Å². The summed E-state index contributed by atoms with van der Waals surface area (Å²) in [4.78, 5) is 11.9. The van der Waals surface area contributed by atoms with Crippen LogP contribution in [-0.2, 0) is 14.6 Å². The first-order valence-corrected chi connectivity index (χ1v) is 7.91. The molecular weight excluding hydrogens is 294 g/mol. The van der Waals surface area contributed by atoms with Gasteiger partial charge in [0.05, 0.1) is 24.8 Å². The summed E-state index contributed by atoms with van der Waals surface area (Å²) >= 11 is 0. The average molecular weight is 309 g/mol. The summed E-state index contributed by atoms with van der Waals surface area (Å²) in [5, 5.41) is 0. The summed E-state index contributed by atoms with van der Waals surface area (Å²) in [6, 6.07) is 6.28. The second-order valence-corrected chi connectivity index (χ2v) is 6.39. The number of carbonyl (C=O) groups is 1. The van der Waals surface area contributed by atoms with E-state index in [1.54, 1.807) is 29.1 Å². The molecule has 6 nitrogen and oxygen atoms in total. The molecule has 0 saturated carbocycles. The molecule has 0 aliphatic heterocycles. The van der Waals surface area contributed by atoms with Gasteiger partial charge in [-0.05, 0) is 24.3 Å². The minimum atomic E-state index is -3.48. The molecule has 0 amide bonds. The van der Waals surface area contributed by atoms with Crippen molar-refractivity contribution in [1.29, 1.82) is 0 Å². The number of carbonyl (C=O) groups excluding carboxylic acids is 1. The summed E-state index contributed by atoms with van der Waals surface area (Å²) in [7, 11) is -0.844. The van der Waals surface area contributed by atoms with Gasteiger partial charge >= 0.3 is 5.97 Å². The number of sulfone groups is 1. The highest BCUT2D eigenvalue weighted by Gasteiger charge is 2.22. The van der Waals surface area contributed by atoms with Crippen LogP contribution in [0.15, 0.2) is 41.6 Å². The highest BCUT2D eigenvalue weighted by molar-refractivity contribution is 7.90. The van der Waals surface area contributed by atoms with E-state index in [0.29, 0.717) is 5.69 Å². The van der Waals surface area contributed by atoms with Crippen molar-refractivity contribution in [1.82, 2.24) is 4.57 Å². The van der Waals surface area contributed by atoms with Gasteiger partial charge in [-0.2, -0.15) is 0 Å². The van der Waals surface area contributed by atoms with Crippen molar-refractivity contribution in [3.8, 4) is 11.4 Å². The third kappa shape index (κ3) is 2.92. The van der Waals surface area contributed by atoms with Gasteiger partial charge < -0.3 is 14.0 Å². The number of nitrogens with zero attached hydrogens (tertiary/aromatic N) is 1. The van der Waals surface area contributed by atoms with Crippen LogP contribution in [0.2, 0.25) is 0 Å². The Hall–Kier alpha value is -2.28. The van der Waals surface area contributed by atoms with E-state index in [-0.39, 0.29) is 16.2 Å². The zero-order valence-electron chi connectivity index (χ0n) is 11.9. The van der Waals surface area contributed by atoms with Crippen LogP contribution in [0.4, 0.5) is 0 Å². The molecule has 1 heterocycles. The molecule has 0 aliphatic rings. The van der Waals surface area contributed by atoms with Gasteiger partial charge in [0.1, 0.15) is 5.56 Å². The Labute approximate surface area is 122 Å². The SMILES string of the molecule is COC(=O)c1cc(S(C)(=O)=O)cc(-n2cccc2)c1OC. The first kappa shape index (κ1) is 15.1. The molecule has 0 N–H and O–H groups in total. The Morgan fingerprint density at radius 3 is 2.24 bits per heavy atom. The molecule has 1 aromatic heterocycles.